The van der Waals surface area contributed by atoms with Crippen molar-refractivity contribution in [1.29, 1.82) is 0 Å². The molecule has 0 aromatic heterocycles. The van der Waals surface area contributed by atoms with E-state index in [1.54, 1.807) is 11.0 Å². The molecule has 106 valence electrons. The zero-order valence-electron chi connectivity index (χ0n) is 11.7. The molecule has 0 saturated carbocycles. The second-order valence-electron chi connectivity index (χ2n) is 5.18. The van der Waals surface area contributed by atoms with Crippen LogP contribution in [0.5, 0.6) is 0 Å². The Morgan fingerprint density at radius 3 is 2.80 bits per heavy atom. The van der Waals surface area contributed by atoms with Crippen LogP contribution >= 0.6 is 0 Å². The largest absolute Gasteiger partial charge is 0.339 e. The Kier molecular flexibility index (Phi) is 4.75. The fourth-order valence-corrected chi connectivity index (χ4v) is 2.30. The van der Waals surface area contributed by atoms with Crippen LogP contribution in [0.4, 0.5) is 4.39 Å². The molecule has 1 amide bonds. The van der Waals surface area contributed by atoms with E-state index in [2.05, 4.69) is 18.8 Å². The van der Waals surface area contributed by atoms with Gasteiger partial charge in [-0.3, -0.25) is 4.79 Å². The van der Waals surface area contributed by atoms with Crippen LogP contribution in [-0.2, 0) is 0 Å². The third-order valence-electron chi connectivity index (χ3n) is 3.60. The maximum Gasteiger partial charge on any atom is 0.256 e. The van der Waals surface area contributed by atoms with Crippen LogP contribution in [0.15, 0.2) is 18.2 Å². The SMILES string of the molecule is CC1CCN(C(=O)c2cc(C#CCN)ccc2F)CC1. The molecule has 0 atom stereocenters. The van der Waals surface area contributed by atoms with Crippen LogP contribution in [0.3, 0.4) is 0 Å². The fraction of sp³-hybridized carbons (Fsp3) is 0.438. The molecule has 2 rings (SSSR count). The average Bonchev–Trinajstić information content (AvgIpc) is 2.46. The molecule has 1 aliphatic rings. The van der Waals surface area contributed by atoms with E-state index in [-0.39, 0.29) is 18.0 Å². The molecular formula is C16H19FN2O. The van der Waals surface area contributed by atoms with E-state index in [0.717, 1.165) is 12.8 Å². The summed E-state index contributed by atoms with van der Waals surface area (Å²) in [6.45, 7) is 3.80. The van der Waals surface area contributed by atoms with Crippen LogP contribution in [0.1, 0.15) is 35.7 Å². The molecule has 1 saturated heterocycles. The first kappa shape index (κ1) is 14.5. The maximum atomic E-state index is 13.9. The van der Waals surface area contributed by atoms with Crippen LogP contribution in [0.2, 0.25) is 0 Å². The number of hydrogen-bond donors (Lipinski definition) is 1. The lowest BCUT2D eigenvalue weighted by Crippen LogP contribution is -2.38. The fourth-order valence-electron chi connectivity index (χ4n) is 2.30. The normalized spacial score (nSPS) is 15.7. The highest BCUT2D eigenvalue weighted by Crippen LogP contribution is 2.20. The van der Waals surface area contributed by atoms with Gasteiger partial charge in [0.05, 0.1) is 12.1 Å². The lowest BCUT2D eigenvalue weighted by atomic mass is 9.98. The molecule has 1 aromatic carbocycles. The lowest BCUT2D eigenvalue weighted by Gasteiger charge is -2.30. The predicted octanol–water partition coefficient (Wildman–Crippen LogP) is 2.01. The Hall–Kier alpha value is -1.86. The third-order valence-corrected chi connectivity index (χ3v) is 3.60. The van der Waals surface area contributed by atoms with E-state index in [4.69, 9.17) is 5.73 Å². The summed E-state index contributed by atoms with van der Waals surface area (Å²) in [5, 5.41) is 0. The van der Waals surface area contributed by atoms with Gasteiger partial charge in [0.1, 0.15) is 5.82 Å². The van der Waals surface area contributed by atoms with Crippen molar-refractivity contribution < 1.29 is 9.18 Å². The Bertz CT molecular complexity index is 551. The topological polar surface area (TPSA) is 46.3 Å². The van der Waals surface area contributed by atoms with Gasteiger partial charge in [0.25, 0.3) is 5.91 Å². The van der Waals surface area contributed by atoms with E-state index < -0.39 is 5.82 Å². The van der Waals surface area contributed by atoms with Gasteiger partial charge >= 0.3 is 0 Å². The number of hydrogen-bond acceptors (Lipinski definition) is 2. The minimum Gasteiger partial charge on any atom is -0.339 e. The smallest absolute Gasteiger partial charge is 0.256 e. The van der Waals surface area contributed by atoms with Crippen LogP contribution in [-0.4, -0.2) is 30.4 Å². The number of nitrogens with two attached hydrogens (primary N) is 1. The molecule has 0 aliphatic carbocycles. The van der Waals surface area contributed by atoms with E-state index in [1.165, 1.54) is 12.1 Å². The van der Waals surface area contributed by atoms with Crippen molar-refractivity contribution in [3.63, 3.8) is 0 Å². The summed E-state index contributed by atoms with van der Waals surface area (Å²) >= 11 is 0. The van der Waals surface area contributed by atoms with Crippen molar-refractivity contribution in [2.75, 3.05) is 19.6 Å². The van der Waals surface area contributed by atoms with E-state index >= 15 is 0 Å². The van der Waals surface area contributed by atoms with Crippen molar-refractivity contribution in [2.24, 2.45) is 11.7 Å². The van der Waals surface area contributed by atoms with Gasteiger partial charge in [-0.25, -0.2) is 4.39 Å². The van der Waals surface area contributed by atoms with Crippen LogP contribution < -0.4 is 5.73 Å². The number of likely N-dealkylation sites (tertiary alicyclic amines) is 1. The average molecular weight is 274 g/mol. The second kappa shape index (κ2) is 6.53. The van der Waals surface area contributed by atoms with Crippen LogP contribution in [0.25, 0.3) is 0 Å². The first-order chi connectivity index (χ1) is 9.61. The first-order valence-corrected chi connectivity index (χ1v) is 6.89. The summed E-state index contributed by atoms with van der Waals surface area (Å²) in [6.07, 6.45) is 1.94. The van der Waals surface area contributed by atoms with Gasteiger partial charge < -0.3 is 10.6 Å². The highest BCUT2D eigenvalue weighted by Gasteiger charge is 2.23. The van der Waals surface area contributed by atoms with Gasteiger partial charge in [-0.2, -0.15) is 0 Å². The predicted molar refractivity (Wildman–Crippen MR) is 76.6 cm³/mol. The van der Waals surface area contributed by atoms with Crippen molar-refractivity contribution in [2.45, 2.75) is 19.8 Å². The molecule has 4 heteroatoms. The molecule has 1 aromatic rings. The number of benzene rings is 1. The van der Waals surface area contributed by atoms with E-state index in [0.29, 0.717) is 24.6 Å². The molecule has 3 nitrogen and oxygen atoms in total. The summed E-state index contributed by atoms with van der Waals surface area (Å²) in [5.74, 6) is 5.42. The van der Waals surface area contributed by atoms with E-state index in [9.17, 15) is 9.18 Å². The molecule has 1 heterocycles. The van der Waals surface area contributed by atoms with Crippen molar-refractivity contribution >= 4 is 5.91 Å². The minimum absolute atomic E-state index is 0.100. The first-order valence-electron chi connectivity index (χ1n) is 6.89. The number of nitrogens with zero attached hydrogens (tertiary/aromatic N) is 1. The van der Waals surface area contributed by atoms with Gasteiger partial charge in [0.2, 0.25) is 0 Å². The molecule has 0 radical (unpaired) electrons. The van der Waals surface area contributed by atoms with Gasteiger partial charge in [-0.15, -0.1) is 0 Å². The number of halogens is 1. The van der Waals surface area contributed by atoms with Crippen molar-refractivity contribution in [3.8, 4) is 11.8 Å². The molecule has 0 unspecified atom stereocenters. The standard InChI is InChI=1S/C16H19FN2O/c1-12-6-9-19(10-7-12)16(20)14-11-13(3-2-8-18)4-5-15(14)17/h4-5,11-12H,6-10,18H2,1H3. The van der Waals surface area contributed by atoms with Gasteiger partial charge in [0, 0.05) is 18.7 Å². The summed E-state index contributed by atoms with van der Waals surface area (Å²) in [7, 11) is 0. The summed E-state index contributed by atoms with van der Waals surface area (Å²) < 4.78 is 13.9. The van der Waals surface area contributed by atoms with Crippen molar-refractivity contribution in [3.05, 3.63) is 35.1 Å². The van der Waals surface area contributed by atoms with Crippen molar-refractivity contribution in [1.82, 2.24) is 4.90 Å². The Morgan fingerprint density at radius 2 is 2.15 bits per heavy atom. The molecule has 1 aliphatic heterocycles. The minimum atomic E-state index is -0.494. The van der Waals surface area contributed by atoms with Crippen LogP contribution in [0, 0.1) is 23.6 Å². The highest BCUT2D eigenvalue weighted by molar-refractivity contribution is 5.95. The Balaban J connectivity index is 2.20. The Morgan fingerprint density at radius 1 is 1.45 bits per heavy atom. The summed E-state index contributed by atoms with van der Waals surface area (Å²) in [4.78, 5) is 14.1. The molecule has 1 fully saturated rings. The number of carbonyl (C=O) groups is 1. The van der Waals surface area contributed by atoms with Gasteiger partial charge in [0.15, 0.2) is 0 Å². The monoisotopic (exact) mass is 274 g/mol. The van der Waals surface area contributed by atoms with E-state index in [1.807, 2.05) is 0 Å². The molecule has 20 heavy (non-hydrogen) atoms. The molecule has 0 bridgehead atoms. The third kappa shape index (κ3) is 3.37. The quantitative estimate of drug-likeness (QED) is 0.796. The maximum absolute atomic E-state index is 13.9. The second-order valence-corrected chi connectivity index (χ2v) is 5.18. The number of rotatable bonds is 1. The lowest BCUT2D eigenvalue weighted by molar-refractivity contribution is 0.0692. The van der Waals surface area contributed by atoms with Gasteiger partial charge in [-0.1, -0.05) is 18.8 Å². The zero-order valence-corrected chi connectivity index (χ0v) is 11.7. The Labute approximate surface area is 119 Å². The molecular weight excluding hydrogens is 255 g/mol. The summed E-state index contributed by atoms with van der Waals surface area (Å²) in [5.41, 5.74) is 6.03. The zero-order chi connectivity index (χ0) is 14.5. The highest BCUT2D eigenvalue weighted by atomic mass is 19.1. The molecule has 0 spiro atoms. The number of amides is 1. The van der Waals surface area contributed by atoms with Gasteiger partial charge in [-0.05, 0) is 37.0 Å². The molecule has 2 N–H and O–H groups in total. The number of piperidine rings is 1. The summed E-state index contributed by atoms with van der Waals surface area (Å²) in [6, 6.07) is 4.37. The number of carbonyl (C=O) groups excluding carboxylic acids is 1.